The van der Waals surface area contributed by atoms with Gasteiger partial charge in [0, 0.05) is 37.2 Å². The molecule has 160 valence electrons. The Morgan fingerprint density at radius 2 is 2.00 bits per heavy atom. The number of halogens is 1. The molecule has 5 nitrogen and oxygen atoms in total. The van der Waals surface area contributed by atoms with Crippen molar-refractivity contribution in [3.63, 3.8) is 0 Å². The van der Waals surface area contributed by atoms with Gasteiger partial charge in [-0.15, -0.1) is 35.3 Å². The molecular formula is C22H33IN4OS. The monoisotopic (exact) mass is 528 g/mol. The highest BCUT2D eigenvalue weighted by atomic mass is 127. The number of nitrogens with zero attached hydrogens (tertiary/aromatic N) is 2. The van der Waals surface area contributed by atoms with E-state index >= 15 is 0 Å². The Morgan fingerprint density at radius 1 is 1.24 bits per heavy atom. The lowest BCUT2D eigenvalue weighted by atomic mass is 9.67. The topological polar surface area (TPSA) is 58.5 Å². The molecule has 1 fully saturated rings. The van der Waals surface area contributed by atoms with Gasteiger partial charge in [0.2, 0.25) is 0 Å². The van der Waals surface area contributed by atoms with E-state index in [-0.39, 0.29) is 24.0 Å². The lowest BCUT2D eigenvalue weighted by Crippen LogP contribution is -2.46. The SMILES string of the molecule is CCNC(=NCc1sc(-c2ccccc2)nc1C)NCC1(CCOC)CCC1.I. The first-order valence-corrected chi connectivity index (χ1v) is 11.0. The molecule has 1 aliphatic carbocycles. The third-order valence-corrected chi connectivity index (χ3v) is 6.71. The number of hydrogen-bond donors (Lipinski definition) is 2. The minimum atomic E-state index is 0. The largest absolute Gasteiger partial charge is 0.385 e. The van der Waals surface area contributed by atoms with Gasteiger partial charge in [-0.2, -0.15) is 0 Å². The molecule has 29 heavy (non-hydrogen) atoms. The summed E-state index contributed by atoms with van der Waals surface area (Å²) in [6, 6.07) is 10.4. The summed E-state index contributed by atoms with van der Waals surface area (Å²) in [6.07, 6.45) is 4.99. The fourth-order valence-corrected chi connectivity index (χ4v) is 4.55. The van der Waals surface area contributed by atoms with E-state index in [1.54, 1.807) is 18.4 Å². The molecule has 0 aliphatic heterocycles. The molecule has 0 bridgehead atoms. The summed E-state index contributed by atoms with van der Waals surface area (Å²) in [7, 11) is 1.78. The highest BCUT2D eigenvalue weighted by Crippen LogP contribution is 2.43. The maximum absolute atomic E-state index is 5.31. The van der Waals surface area contributed by atoms with Crippen molar-refractivity contribution in [2.75, 3.05) is 26.8 Å². The minimum Gasteiger partial charge on any atom is -0.385 e. The number of aliphatic imine (C=N–C) groups is 1. The number of thiazole rings is 1. The summed E-state index contributed by atoms with van der Waals surface area (Å²) >= 11 is 1.73. The van der Waals surface area contributed by atoms with Crippen molar-refractivity contribution in [1.82, 2.24) is 15.6 Å². The normalized spacial score (nSPS) is 15.3. The number of nitrogens with one attached hydrogen (secondary N) is 2. The zero-order chi connectivity index (χ0) is 19.8. The summed E-state index contributed by atoms with van der Waals surface area (Å²) in [6.45, 7) is 7.47. The number of methoxy groups -OCH3 is 1. The molecule has 7 heteroatoms. The van der Waals surface area contributed by atoms with Crippen molar-refractivity contribution in [3.8, 4) is 10.6 Å². The third kappa shape index (κ3) is 6.65. The lowest BCUT2D eigenvalue weighted by molar-refractivity contribution is 0.0732. The second-order valence-corrected chi connectivity index (χ2v) is 8.62. The van der Waals surface area contributed by atoms with Crippen LogP contribution in [-0.2, 0) is 11.3 Å². The van der Waals surface area contributed by atoms with Crippen LogP contribution >= 0.6 is 35.3 Å². The van der Waals surface area contributed by atoms with Crippen LogP contribution in [0.2, 0.25) is 0 Å². The third-order valence-electron chi connectivity index (χ3n) is 5.52. The second-order valence-electron chi connectivity index (χ2n) is 7.54. The molecular weight excluding hydrogens is 495 g/mol. The summed E-state index contributed by atoms with van der Waals surface area (Å²) < 4.78 is 5.31. The smallest absolute Gasteiger partial charge is 0.191 e. The number of aromatic nitrogens is 1. The molecule has 0 unspecified atom stereocenters. The van der Waals surface area contributed by atoms with Crippen LogP contribution in [0.3, 0.4) is 0 Å². The first-order chi connectivity index (χ1) is 13.7. The fourth-order valence-electron chi connectivity index (χ4n) is 3.55. The molecule has 1 saturated carbocycles. The van der Waals surface area contributed by atoms with Crippen LogP contribution in [0.25, 0.3) is 10.6 Å². The van der Waals surface area contributed by atoms with E-state index in [2.05, 4.69) is 48.7 Å². The molecule has 1 heterocycles. The number of hydrogen-bond acceptors (Lipinski definition) is 4. The molecule has 2 aromatic rings. The van der Waals surface area contributed by atoms with Gasteiger partial charge < -0.3 is 15.4 Å². The van der Waals surface area contributed by atoms with Crippen molar-refractivity contribution < 1.29 is 4.74 Å². The Bertz CT molecular complexity index is 774. The maximum Gasteiger partial charge on any atom is 0.191 e. The van der Waals surface area contributed by atoms with Crippen molar-refractivity contribution >= 4 is 41.3 Å². The Hall–Kier alpha value is -1.19. The van der Waals surface area contributed by atoms with Gasteiger partial charge in [-0.1, -0.05) is 36.8 Å². The van der Waals surface area contributed by atoms with Gasteiger partial charge in [0.05, 0.1) is 12.2 Å². The number of benzene rings is 1. The molecule has 3 rings (SSSR count). The molecule has 1 aliphatic rings. The van der Waals surface area contributed by atoms with E-state index in [9.17, 15) is 0 Å². The molecule has 0 atom stereocenters. The first kappa shape index (κ1) is 24.1. The predicted octanol–water partition coefficient (Wildman–Crippen LogP) is 5.00. The van der Waals surface area contributed by atoms with E-state index in [1.165, 1.54) is 29.7 Å². The number of ether oxygens (including phenoxy) is 1. The van der Waals surface area contributed by atoms with Gasteiger partial charge >= 0.3 is 0 Å². The minimum absolute atomic E-state index is 0. The average molecular weight is 529 g/mol. The Labute approximate surface area is 195 Å². The van der Waals surface area contributed by atoms with E-state index in [4.69, 9.17) is 14.7 Å². The van der Waals surface area contributed by atoms with E-state index in [0.717, 1.165) is 42.8 Å². The van der Waals surface area contributed by atoms with Gasteiger partial charge in [-0.25, -0.2) is 9.98 Å². The lowest BCUT2D eigenvalue weighted by Gasteiger charge is -2.42. The van der Waals surface area contributed by atoms with Crippen molar-refractivity contribution in [1.29, 1.82) is 0 Å². The van der Waals surface area contributed by atoms with Crippen LogP contribution in [0.15, 0.2) is 35.3 Å². The van der Waals surface area contributed by atoms with Gasteiger partial charge in [-0.05, 0) is 38.5 Å². The second kappa shape index (κ2) is 11.9. The van der Waals surface area contributed by atoms with E-state index in [0.29, 0.717) is 12.0 Å². The van der Waals surface area contributed by atoms with Crippen LogP contribution in [0, 0.1) is 12.3 Å². The number of aryl methyl sites for hydroxylation is 1. The summed E-state index contributed by atoms with van der Waals surface area (Å²) in [5.74, 6) is 0.889. The van der Waals surface area contributed by atoms with Crippen molar-refractivity contribution in [2.45, 2.75) is 46.1 Å². The van der Waals surface area contributed by atoms with Crippen LogP contribution in [-0.4, -0.2) is 37.7 Å². The Kier molecular flexibility index (Phi) is 9.85. The highest BCUT2D eigenvalue weighted by molar-refractivity contribution is 14.0. The van der Waals surface area contributed by atoms with Gasteiger partial charge in [0.25, 0.3) is 0 Å². The summed E-state index contributed by atoms with van der Waals surface area (Å²) in [4.78, 5) is 10.8. The molecule has 0 saturated heterocycles. The molecule has 0 radical (unpaired) electrons. The molecule has 2 N–H and O–H groups in total. The van der Waals surface area contributed by atoms with Gasteiger partial charge in [-0.3, -0.25) is 0 Å². The summed E-state index contributed by atoms with van der Waals surface area (Å²) in [5, 5.41) is 8.01. The number of guanidine groups is 1. The van der Waals surface area contributed by atoms with Gasteiger partial charge in [0.1, 0.15) is 5.01 Å². The van der Waals surface area contributed by atoms with E-state index in [1.807, 2.05) is 6.07 Å². The van der Waals surface area contributed by atoms with Crippen LogP contribution < -0.4 is 10.6 Å². The van der Waals surface area contributed by atoms with Crippen LogP contribution in [0.4, 0.5) is 0 Å². The average Bonchev–Trinajstić information content (AvgIpc) is 3.06. The Balaban J connectivity index is 0.00000300. The van der Waals surface area contributed by atoms with Crippen molar-refractivity contribution in [3.05, 3.63) is 40.9 Å². The quantitative estimate of drug-likeness (QED) is 0.273. The van der Waals surface area contributed by atoms with Gasteiger partial charge in [0.15, 0.2) is 5.96 Å². The van der Waals surface area contributed by atoms with Crippen LogP contribution in [0.5, 0.6) is 0 Å². The predicted molar refractivity (Wildman–Crippen MR) is 133 cm³/mol. The molecule has 1 aromatic heterocycles. The van der Waals surface area contributed by atoms with Crippen LogP contribution in [0.1, 0.15) is 43.2 Å². The number of rotatable bonds is 9. The molecule has 0 amide bonds. The Morgan fingerprint density at radius 3 is 2.62 bits per heavy atom. The fraction of sp³-hybridized carbons (Fsp3) is 0.545. The maximum atomic E-state index is 5.31. The van der Waals surface area contributed by atoms with Crippen molar-refractivity contribution in [2.24, 2.45) is 10.4 Å². The standard InChI is InChI=1S/C22H32N4OS.HI/c1-4-23-21(25-16-22(11-8-12-22)13-14-27-3)24-15-19-17(2)26-20(28-19)18-9-6-5-7-10-18;/h5-7,9-10H,4,8,11-16H2,1-3H3,(H2,23,24,25);1H. The molecule has 0 spiro atoms. The molecule has 1 aromatic carbocycles. The zero-order valence-corrected chi connectivity index (χ0v) is 20.8. The zero-order valence-electron chi connectivity index (χ0n) is 17.7. The van der Waals surface area contributed by atoms with E-state index < -0.39 is 0 Å². The first-order valence-electron chi connectivity index (χ1n) is 10.2. The summed E-state index contributed by atoms with van der Waals surface area (Å²) in [5.41, 5.74) is 2.60. The highest BCUT2D eigenvalue weighted by Gasteiger charge is 2.36.